The van der Waals surface area contributed by atoms with Crippen LogP contribution < -0.4 is 15.0 Å². The molecule has 0 bridgehead atoms. The van der Waals surface area contributed by atoms with Gasteiger partial charge in [0.05, 0.1) is 37.7 Å². The minimum absolute atomic E-state index is 0.487. The number of hydrogen-bond acceptors (Lipinski definition) is 4. The summed E-state index contributed by atoms with van der Waals surface area (Å²) in [7, 11) is 1.72. The summed E-state index contributed by atoms with van der Waals surface area (Å²) in [5.74, 6) is 1.49. The van der Waals surface area contributed by atoms with E-state index in [-0.39, 0.29) is 0 Å². The van der Waals surface area contributed by atoms with Gasteiger partial charge in [-0.05, 0) is 18.6 Å². The average molecular weight is 262 g/mol. The number of nitrogens with one attached hydrogen (secondary N) is 1. The summed E-state index contributed by atoms with van der Waals surface area (Å²) in [6, 6.07) is 6.77. The van der Waals surface area contributed by atoms with Crippen molar-refractivity contribution in [2.45, 2.75) is 19.4 Å². The van der Waals surface area contributed by atoms with Crippen molar-refractivity contribution in [3.05, 3.63) is 18.2 Å². The van der Waals surface area contributed by atoms with Gasteiger partial charge in [0.1, 0.15) is 5.75 Å². The van der Waals surface area contributed by atoms with Crippen molar-refractivity contribution >= 4 is 11.4 Å². The van der Waals surface area contributed by atoms with Crippen LogP contribution in [0.25, 0.3) is 0 Å². The van der Waals surface area contributed by atoms with Gasteiger partial charge in [-0.25, -0.2) is 0 Å². The average Bonchev–Trinajstić information content (AvgIpc) is 2.85. The number of hydrogen-bond donors (Lipinski definition) is 1. The molecule has 2 aliphatic heterocycles. The number of rotatable bonds is 3. The molecule has 2 aliphatic rings. The summed E-state index contributed by atoms with van der Waals surface area (Å²) < 4.78 is 11.1. The number of methoxy groups -OCH3 is 1. The van der Waals surface area contributed by atoms with Crippen molar-refractivity contribution in [1.82, 2.24) is 0 Å². The van der Waals surface area contributed by atoms with Gasteiger partial charge in [-0.1, -0.05) is 6.92 Å². The van der Waals surface area contributed by atoms with Crippen LogP contribution in [-0.4, -0.2) is 39.5 Å². The largest absolute Gasteiger partial charge is 0.497 e. The van der Waals surface area contributed by atoms with Gasteiger partial charge in [-0.15, -0.1) is 0 Å². The molecule has 2 unspecified atom stereocenters. The predicted octanol–water partition coefficient (Wildman–Crippen LogP) is 2.35. The van der Waals surface area contributed by atoms with Crippen LogP contribution in [0, 0.1) is 5.92 Å². The summed E-state index contributed by atoms with van der Waals surface area (Å²) in [5, 5.41) is 3.56. The zero-order chi connectivity index (χ0) is 13.2. The molecule has 1 aromatic carbocycles. The van der Waals surface area contributed by atoms with E-state index in [0.717, 1.165) is 38.5 Å². The van der Waals surface area contributed by atoms with Crippen LogP contribution in [0.2, 0.25) is 0 Å². The van der Waals surface area contributed by atoms with Crippen LogP contribution in [0.15, 0.2) is 18.2 Å². The molecule has 3 rings (SSSR count). The van der Waals surface area contributed by atoms with Crippen molar-refractivity contribution < 1.29 is 9.47 Å². The van der Waals surface area contributed by atoms with Crippen LogP contribution in [0.4, 0.5) is 11.4 Å². The second-order valence-corrected chi connectivity index (χ2v) is 5.32. The van der Waals surface area contributed by atoms with E-state index >= 15 is 0 Å². The van der Waals surface area contributed by atoms with Crippen LogP contribution >= 0.6 is 0 Å². The lowest BCUT2D eigenvalue weighted by atomic mass is 10.0. The van der Waals surface area contributed by atoms with E-state index in [2.05, 4.69) is 29.3 Å². The van der Waals surface area contributed by atoms with Crippen molar-refractivity contribution in [3.8, 4) is 5.75 Å². The van der Waals surface area contributed by atoms with Crippen molar-refractivity contribution in [2.75, 3.05) is 43.6 Å². The summed E-state index contributed by atoms with van der Waals surface area (Å²) in [6.45, 7) is 5.98. The molecule has 2 atom stereocenters. The van der Waals surface area contributed by atoms with E-state index in [1.807, 2.05) is 6.07 Å². The molecule has 1 N–H and O–H groups in total. The molecule has 0 saturated carbocycles. The van der Waals surface area contributed by atoms with Gasteiger partial charge < -0.3 is 19.7 Å². The van der Waals surface area contributed by atoms with Gasteiger partial charge in [-0.2, -0.15) is 0 Å². The van der Waals surface area contributed by atoms with E-state index in [1.54, 1.807) is 7.11 Å². The van der Waals surface area contributed by atoms with Crippen LogP contribution in [0.1, 0.15) is 13.3 Å². The van der Waals surface area contributed by atoms with E-state index in [0.29, 0.717) is 12.0 Å². The Labute approximate surface area is 114 Å². The summed E-state index contributed by atoms with van der Waals surface area (Å²) in [4.78, 5) is 2.50. The third-order valence-electron chi connectivity index (χ3n) is 4.10. The Morgan fingerprint density at radius 1 is 1.42 bits per heavy atom. The zero-order valence-corrected chi connectivity index (χ0v) is 11.7. The van der Waals surface area contributed by atoms with Gasteiger partial charge in [0.2, 0.25) is 0 Å². The molecule has 4 nitrogen and oxygen atoms in total. The molecule has 0 aliphatic carbocycles. The summed E-state index contributed by atoms with van der Waals surface area (Å²) in [5.41, 5.74) is 2.46. The summed E-state index contributed by atoms with van der Waals surface area (Å²) >= 11 is 0. The first kappa shape index (κ1) is 12.6. The minimum atomic E-state index is 0.487. The Morgan fingerprint density at radius 2 is 2.32 bits per heavy atom. The normalized spacial score (nSPS) is 25.3. The minimum Gasteiger partial charge on any atom is -0.497 e. The predicted molar refractivity (Wildman–Crippen MR) is 77.2 cm³/mol. The Hall–Kier alpha value is -1.42. The fourth-order valence-electron chi connectivity index (χ4n) is 3.10. The molecule has 4 heteroatoms. The van der Waals surface area contributed by atoms with E-state index in [1.165, 1.54) is 11.4 Å². The SMILES string of the molecule is CCCN1c2cc(OC)ccc2NCC2COCC21. The lowest BCUT2D eigenvalue weighted by Crippen LogP contribution is -2.41. The molecular formula is C15H22N2O2. The Morgan fingerprint density at radius 3 is 3.11 bits per heavy atom. The van der Waals surface area contributed by atoms with Crippen molar-refractivity contribution in [3.63, 3.8) is 0 Å². The highest BCUT2D eigenvalue weighted by molar-refractivity contribution is 5.73. The maximum absolute atomic E-state index is 5.68. The summed E-state index contributed by atoms with van der Waals surface area (Å²) in [6.07, 6.45) is 1.14. The first-order valence-electron chi connectivity index (χ1n) is 7.09. The molecule has 0 aromatic heterocycles. The van der Waals surface area contributed by atoms with E-state index in [9.17, 15) is 0 Å². The molecule has 1 aromatic rings. The van der Waals surface area contributed by atoms with Crippen LogP contribution in [-0.2, 0) is 4.74 Å². The number of nitrogens with zero attached hydrogens (tertiary/aromatic N) is 1. The maximum Gasteiger partial charge on any atom is 0.121 e. The maximum atomic E-state index is 5.68. The first-order valence-corrected chi connectivity index (χ1v) is 7.09. The van der Waals surface area contributed by atoms with Gasteiger partial charge >= 0.3 is 0 Å². The monoisotopic (exact) mass is 262 g/mol. The highest BCUT2D eigenvalue weighted by Gasteiger charge is 2.36. The fourth-order valence-corrected chi connectivity index (χ4v) is 3.10. The van der Waals surface area contributed by atoms with Crippen molar-refractivity contribution in [1.29, 1.82) is 0 Å². The molecule has 0 radical (unpaired) electrons. The van der Waals surface area contributed by atoms with Crippen LogP contribution in [0.5, 0.6) is 5.75 Å². The molecule has 2 heterocycles. The van der Waals surface area contributed by atoms with E-state index in [4.69, 9.17) is 9.47 Å². The fraction of sp³-hybridized carbons (Fsp3) is 0.600. The third-order valence-corrected chi connectivity index (χ3v) is 4.10. The van der Waals surface area contributed by atoms with Gasteiger partial charge in [-0.3, -0.25) is 0 Å². The van der Waals surface area contributed by atoms with Crippen molar-refractivity contribution in [2.24, 2.45) is 5.92 Å². The molecule has 1 saturated heterocycles. The first-order chi connectivity index (χ1) is 9.33. The third kappa shape index (κ3) is 2.25. The molecule has 19 heavy (non-hydrogen) atoms. The van der Waals surface area contributed by atoms with Gasteiger partial charge in [0.15, 0.2) is 0 Å². The quantitative estimate of drug-likeness (QED) is 0.906. The highest BCUT2D eigenvalue weighted by atomic mass is 16.5. The standard InChI is InChI=1S/C15H22N2O2/c1-3-6-17-14-7-12(18-2)4-5-13(14)16-8-11-9-19-10-15(11)17/h4-5,7,11,15-16H,3,6,8-10H2,1-2H3. The topological polar surface area (TPSA) is 33.7 Å². The molecule has 0 spiro atoms. The molecule has 0 amide bonds. The second kappa shape index (κ2) is 5.29. The lowest BCUT2D eigenvalue weighted by molar-refractivity contribution is 0.185. The Kier molecular flexibility index (Phi) is 3.51. The zero-order valence-electron chi connectivity index (χ0n) is 11.7. The molecule has 1 fully saturated rings. The van der Waals surface area contributed by atoms with E-state index < -0.39 is 0 Å². The second-order valence-electron chi connectivity index (χ2n) is 5.32. The lowest BCUT2D eigenvalue weighted by Gasteiger charge is -2.31. The van der Waals surface area contributed by atoms with Crippen LogP contribution in [0.3, 0.4) is 0 Å². The number of anilines is 2. The molecular weight excluding hydrogens is 240 g/mol. The smallest absolute Gasteiger partial charge is 0.121 e. The Bertz CT molecular complexity index is 450. The Balaban J connectivity index is 2.00. The number of benzene rings is 1. The number of fused-ring (bicyclic) bond motifs is 2. The number of ether oxygens (including phenoxy) is 2. The molecule has 104 valence electrons. The van der Waals surface area contributed by atoms with Gasteiger partial charge in [0.25, 0.3) is 0 Å². The highest BCUT2D eigenvalue weighted by Crippen LogP contribution is 2.37. The van der Waals surface area contributed by atoms with Gasteiger partial charge in [0, 0.05) is 25.1 Å².